The molecule has 24 heavy (non-hydrogen) atoms. The van der Waals surface area contributed by atoms with Crippen molar-refractivity contribution < 1.29 is 13.2 Å². The van der Waals surface area contributed by atoms with Gasteiger partial charge in [0.25, 0.3) is 5.91 Å². The molecule has 1 aliphatic rings. The lowest BCUT2D eigenvalue weighted by atomic mass is 10.1. The SMILES string of the molecule is CCCS(=O)(=O)Nc1ccccc1C(=O)NCC1=CCNCC1.Cl. The highest BCUT2D eigenvalue weighted by molar-refractivity contribution is 7.92. The number of sulfonamides is 1. The molecule has 0 saturated carbocycles. The second-order valence-corrected chi connectivity index (χ2v) is 7.31. The van der Waals surface area contributed by atoms with E-state index < -0.39 is 10.0 Å². The Morgan fingerprint density at radius 1 is 1.29 bits per heavy atom. The highest BCUT2D eigenvalue weighted by Crippen LogP contribution is 2.17. The van der Waals surface area contributed by atoms with Gasteiger partial charge in [0.1, 0.15) is 0 Å². The van der Waals surface area contributed by atoms with Crippen LogP contribution in [0.25, 0.3) is 0 Å². The summed E-state index contributed by atoms with van der Waals surface area (Å²) >= 11 is 0. The maximum Gasteiger partial charge on any atom is 0.253 e. The minimum absolute atomic E-state index is 0. The van der Waals surface area contributed by atoms with E-state index in [0.29, 0.717) is 24.2 Å². The molecule has 2 rings (SSSR count). The summed E-state index contributed by atoms with van der Waals surface area (Å²) in [6, 6.07) is 6.65. The lowest BCUT2D eigenvalue weighted by Crippen LogP contribution is -2.30. The van der Waals surface area contributed by atoms with E-state index in [1.165, 1.54) is 5.57 Å². The first-order chi connectivity index (χ1) is 11.0. The zero-order valence-electron chi connectivity index (χ0n) is 13.7. The summed E-state index contributed by atoms with van der Waals surface area (Å²) < 4.78 is 26.3. The first-order valence-electron chi connectivity index (χ1n) is 7.78. The van der Waals surface area contributed by atoms with Crippen LogP contribution in [-0.4, -0.2) is 39.7 Å². The van der Waals surface area contributed by atoms with Crippen LogP contribution in [0.2, 0.25) is 0 Å². The summed E-state index contributed by atoms with van der Waals surface area (Å²) in [4.78, 5) is 12.4. The Bertz CT molecular complexity index is 690. The van der Waals surface area contributed by atoms with E-state index in [1.807, 2.05) is 0 Å². The fourth-order valence-corrected chi connectivity index (χ4v) is 3.53. The highest BCUT2D eigenvalue weighted by Gasteiger charge is 2.16. The molecule has 1 aliphatic heterocycles. The van der Waals surface area contributed by atoms with Gasteiger partial charge >= 0.3 is 0 Å². The maximum absolute atomic E-state index is 12.4. The Labute approximate surface area is 149 Å². The summed E-state index contributed by atoms with van der Waals surface area (Å²) in [5, 5.41) is 6.07. The third-order valence-electron chi connectivity index (χ3n) is 3.54. The summed E-state index contributed by atoms with van der Waals surface area (Å²) in [7, 11) is -3.43. The number of anilines is 1. The van der Waals surface area contributed by atoms with Gasteiger partial charge in [0.15, 0.2) is 0 Å². The van der Waals surface area contributed by atoms with Gasteiger partial charge < -0.3 is 10.6 Å². The van der Waals surface area contributed by atoms with Gasteiger partial charge in [0.05, 0.1) is 17.0 Å². The molecule has 0 saturated heterocycles. The Hall–Kier alpha value is -1.57. The zero-order valence-corrected chi connectivity index (χ0v) is 15.3. The third-order valence-corrected chi connectivity index (χ3v) is 5.02. The molecule has 1 heterocycles. The van der Waals surface area contributed by atoms with Gasteiger partial charge in [-0.25, -0.2) is 8.42 Å². The molecule has 0 aliphatic carbocycles. The number of para-hydroxylation sites is 1. The van der Waals surface area contributed by atoms with Crippen LogP contribution in [0.5, 0.6) is 0 Å². The van der Waals surface area contributed by atoms with Gasteiger partial charge in [-0.2, -0.15) is 0 Å². The van der Waals surface area contributed by atoms with Gasteiger partial charge in [0, 0.05) is 13.1 Å². The molecule has 8 heteroatoms. The van der Waals surface area contributed by atoms with Crippen LogP contribution in [0.15, 0.2) is 35.9 Å². The van der Waals surface area contributed by atoms with Crippen LogP contribution >= 0.6 is 12.4 Å². The first-order valence-corrected chi connectivity index (χ1v) is 9.43. The fraction of sp³-hybridized carbons (Fsp3) is 0.438. The largest absolute Gasteiger partial charge is 0.348 e. The number of amides is 1. The van der Waals surface area contributed by atoms with Crippen molar-refractivity contribution in [3.05, 3.63) is 41.5 Å². The smallest absolute Gasteiger partial charge is 0.253 e. The van der Waals surface area contributed by atoms with Gasteiger partial charge in [0.2, 0.25) is 10.0 Å². The predicted molar refractivity (Wildman–Crippen MR) is 99.3 cm³/mol. The minimum atomic E-state index is -3.43. The molecular formula is C16H24ClN3O3S. The lowest BCUT2D eigenvalue weighted by Gasteiger charge is -2.16. The van der Waals surface area contributed by atoms with Crippen molar-refractivity contribution in [2.75, 3.05) is 30.1 Å². The van der Waals surface area contributed by atoms with Crippen molar-refractivity contribution in [2.24, 2.45) is 0 Å². The second-order valence-electron chi connectivity index (χ2n) is 5.47. The van der Waals surface area contributed by atoms with Crippen LogP contribution in [0, 0.1) is 0 Å². The third kappa shape index (κ3) is 6.14. The Morgan fingerprint density at radius 3 is 2.71 bits per heavy atom. The molecule has 0 atom stereocenters. The van der Waals surface area contributed by atoms with E-state index in [1.54, 1.807) is 31.2 Å². The maximum atomic E-state index is 12.4. The first kappa shape index (κ1) is 20.5. The molecule has 0 aromatic heterocycles. The molecule has 0 unspecified atom stereocenters. The van der Waals surface area contributed by atoms with Crippen LogP contribution in [0.1, 0.15) is 30.1 Å². The van der Waals surface area contributed by atoms with Crippen LogP contribution < -0.4 is 15.4 Å². The van der Waals surface area contributed by atoms with Crippen molar-refractivity contribution in [1.29, 1.82) is 0 Å². The highest BCUT2D eigenvalue weighted by atomic mass is 35.5. The molecule has 0 bridgehead atoms. The number of halogens is 1. The van der Waals surface area contributed by atoms with Crippen molar-refractivity contribution >= 4 is 34.0 Å². The summed E-state index contributed by atoms with van der Waals surface area (Å²) in [6.45, 7) is 4.01. The fourth-order valence-electron chi connectivity index (χ4n) is 2.38. The monoisotopic (exact) mass is 373 g/mol. The molecule has 0 radical (unpaired) electrons. The molecule has 1 aromatic rings. The summed E-state index contributed by atoms with van der Waals surface area (Å²) in [5.74, 6) is -0.248. The van der Waals surface area contributed by atoms with Gasteiger partial charge in [-0.1, -0.05) is 30.7 Å². The van der Waals surface area contributed by atoms with Crippen LogP contribution in [0.4, 0.5) is 5.69 Å². The van der Waals surface area contributed by atoms with Gasteiger partial charge in [-0.3, -0.25) is 9.52 Å². The summed E-state index contributed by atoms with van der Waals surface area (Å²) in [6.07, 6.45) is 3.50. The van der Waals surface area contributed by atoms with E-state index in [2.05, 4.69) is 21.4 Å². The molecule has 1 aromatic carbocycles. The number of hydrogen-bond acceptors (Lipinski definition) is 4. The van der Waals surface area contributed by atoms with Crippen molar-refractivity contribution in [3.63, 3.8) is 0 Å². The predicted octanol–water partition coefficient (Wildman–Crippen LogP) is 1.91. The second kappa shape index (κ2) is 9.66. The number of carbonyl (C=O) groups is 1. The van der Waals surface area contributed by atoms with Gasteiger partial charge in [-0.05, 0) is 31.5 Å². The molecule has 0 spiro atoms. The number of rotatable bonds is 7. The number of benzene rings is 1. The Kier molecular flexibility index (Phi) is 8.24. The van der Waals surface area contributed by atoms with Crippen molar-refractivity contribution in [2.45, 2.75) is 19.8 Å². The summed E-state index contributed by atoms with van der Waals surface area (Å²) in [5.41, 5.74) is 1.83. The Balaban J connectivity index is 0.00000288. The minimum Gasteiger partial charge on any atom is -0.348 e. The van der Waals surface area contributed by atoms with Crippen LogP contribution in [-0.2, 0) is 10.0 Å². The topological polar surface area (TPSA) is 87.3 Å². The van der Waals surface area contributed by atoms with E-state index in [9.17, 15) is 13.2 Å². The number of hydrogen-bond donors (Lipinski definition) is 3. The average Bonchev–Trinajstić information content (AvgIpc) is 2.53. The van der Waals surface area contributed by atoms with E-state index in [4.69, 9.17) is 0 Å². The molecular weight excluding hydrogens is 350 g/mol. The van der Waals surface area contributed by atoms with Crippen molar-refractivity contribution in [1.82, 2.24) is 10.6 Å². The van der Waals surface area contributed by atoms with Crippen LogP contribution in [0.3, 0.4) is 0 Å². The molecule has 6 nitrogen and oxygen atoms in total. The van der Waals surface area contributed by atoms with E-state index >= 15 is 0 Å². The van der Waals surface area contributed by atoms with E-state index in [-0.39, 0.29) is 24.1 Å². The quantitative estimate of drug-likeness (QED) is 0.637. The van der Waals surface area contributed by atoms with Gasteiger partial charge in [-0.15, -0.1) is 12.4 Å². The number of carbonyl (C=O) groups excluding carboxylic acids is 1. The molecule has 1 amide bonds. The Morgan fingerprint density at radius 2 is 2.04 bits per heavy atom. The van der Waals surface area contributed by atoms with E-state index in [0.717, 1.165) is 19.5 Å². The molecule has 134 valence electrons. The normalized spacial score (nSPS) is 14.3. The van der Waals surface area contributed by atoms with Crippen molar-refractivity contribution in [3.8, 4) is 0 Å². The zero-order chi connectivity index (χ0) is 16.7. The molecule has 0 fully saturated rings. The average molecular weight is 374 g/mol. The lowest BCUT2D eigenvalue weighted by molar-refractivity contribution is 0.0957. The standard InChI is InChI=1S/C16H23N3O3S.ClH/c1-2-11-23(21,22)19-15-6-4-3-5-14(15)16(20)18-12-13-7-9-17-10-8-13;/h3-7,17,19H,2,8-12H2,1H3,(H,18,20);1H. The molecule has 3 N–H and O–H groups in total. The number of nitrogens with one attached hydrogen (secondary N) is 3.